The van der Waals surface area contributed by atoms with Crippen molar-refractivity contribution in [3.05, 3.63) is 66.3 Å². The Morgan fingerprint density at radius 1 is 1.19 bits per heavy atom. The first-order chi connectivity index (χ1) is 14.3. The van der Waals surface area contributed by atoms with Crippen LogP contribution in [0.15, 0.2) is 60.7 Å². The van der Waals surface area contributed by atoms with Crippen LogP contribution >= 0.6 is 0 Å². The Balaban J connectivity index is 0. The number of ketones is 1. The molecular formula is C28H47NO2. The van der Waals surface area contributed by atoms with Crippen LogP contribution in [0.3, 0.4) is 0 Å². The molecule has 3 nitrogen and oxygen atoms in total. The number of hydrogen-bond acceptors (Lipinski definition) is 3. The lowest BCUT2D eigenvalue weighted by molar-refractivity contribution is -0.118. The molecule has 0 aromatic heterocycles. The summed E-state index contributed by atoms with van der Waals surface area (Å²) in [7, 11) is 3.63. The minimum atomic E-state index is 0.189. The van der Waals surface area contributed by atoms with Gasteiger partial charge < -0.3 is 4.74 Å². The molecule has 1 aromatic carbocycles. The average molecular weight is 430 g/mol. The second-order valence-electron chi connectivity index (χ2n) is 8.91. The molecule has 0 aliphatic rings. The SMILES string of the molecule is C=C(C)C(C)(C)C.C=C/C(=C\C)C(C)N(C)CC(C)=O.CCCc1ccc(OC)cc1. The van der Waals surface area contributed by atoms with Gasteiger partial charge in [-0.2, -0.15) is 0 Å². The third-order valence-corrected chi connectivity index (χ3v) is 5.16. The number of allylic oxidation sites excluding steroid dienone is 2. The standard InChI is InChI=1S/C11H19NO.C10H14O.C7H14/c1-6-11(7-2)10(4)12(5)8-9(3)13;1-3-4-9-5-7-10(11-2)8-6-9;1-6(2)7(3,4)5/h6-7,10H,1,8H2,2-5H3;5-8H,3-4H2,1-2H3;1H2,2-5H3/b11-7+;;. The molecule has 0 fully saturated rings. The third kappa shape index (κ3) is 15.3. The van der Waals surface area contributed by atoms with Crippen LogP contribution in [0.2, 0.25) is 0 Å². The molecule has 31 heavy (non-hydrogen) atoms. The number of aryl methyl sites for hydroxylation is 1. The molecule has 176 valence electrons. The van der Waals surface area contributed by atoms with Crippen molar-refractivity contribution < 1.29 is 9.53 Å². The Morgan fingerprint density at radius 3 is 1.97 bits per heavy atom. The normalized spacial score (nSPS) is 12.0. The number of Topliss-reactive ketones (excluding diaryl/α,β-unsaturated/α-hetero) is 1. The van der Waals surface area contributed by atoms with Crippen LogP contribution in [0.5, 0.6) is 5.75 Å². The molecule has 0 spiro atoms. The molecule has 1 unspecified atom stereocenters. The third-order valence-electron chi connectivity index (χ3n) is 5.16. The summed E-state index contributed by atoms with van der Waals surface area (Å²) in [6, 6.07) is 8.49. The largest absolute Gasteiger partial charge is 0.497 e. The maximum Gasteiger partial charge on any atom is 0.143 e. The fourth-order valence-electron chi connectivity index (χ4n) is 2.35. The fourth-order valence-corrected chi connectivity index (χ4v) is 2.35. The highest BCUT2D eigenvalue weighted by Gasteiger charge is 2.12. The smallest absolute Gasteiger partial charge is 0.143 e. The van der Waals surface area contributed by atoms with Gasteiger partial charge in [0.1, 0.15) is 11.5 Å². The van der Waals surface area contributed by atoms with Gasteiger partial charge in [-0.05, 0) is 69.8 Å². The highest BCUT2D eigenvalue weighted by atomic mass is 16.5. The fraction of sp³-hybridized carbons (Fsp3) is 0.536. The van der Waals surface area contributed by atoms with Crippen molar-refractivity contribution in [2.24, 2.45) is 5.41 Å². The Morgan fingerprint density at radius 2 is 1.68 bits per heavy atom. The molecule has 0 saturated heterocycles. The molecule has 0 aliphatic carbocycles. The number of likely N-dealkylation sites (N-methyl/N-ethyl adjacent to an activating group) is 1. The molecule has 1 rings (SSSR count). The first-order valence-electron chi connectivity index (χ1n) is 11.1. The zero-order valence-electron chi connectivity index (χ0n) is 21.8. The minimum Gasteiger partial charge on any atom is -0.497 e. The van der Waals surface area contributed by atoms with E-state index in [9.17, 15) is 4.79 Å². The molecule has 0 heterocycles. The number of hydrogen-bond donors (Lipinski definition) is 0. The van der Waals surface area contributed by atoms with E-state index in [-0.39, 0.29) is 11.8 Å². The van der Waals surface area contributed by atoms with Crippen LogP contribution in [0.4, 0.5) is 0 Å². The number of carbonyl (C=O) groups excluding carboxylic acids is 1. The molecule has 3 heteroatoms. The summed E-state index contributed by atoms with van der Waals surface area (Å²) in [5.74, 6) is 1.12. The van der Waals surface area contributed by atoms with Gasteiger partial charge in [0, 0.05) is 6.04 Å². The van der Waals surface area contributed by atoms with E-state index in [1.54, 1.807) is 14.0 Å². The van der Waals surface area contributed by atoms with Crippen LogP contribution in [0, 0.1) is 5.41 Å². The number of carbonyl (C=O) groups is 1. The monoisotopic (exact) mass is 429 g/mol. The molecule has 0 saturated carbocycles. The van der Waals surface area contributed by atoms with E-state index >= 15 is 0 Å². The van der Waals surface area contributed by atoms with Crippen molar-refractivity contribution in [1.82, 2.24) is 4.90 Å². The Kier molecular flexibility index (Phi) is 16.6. The molecule has 1 aromatic rings. The summed E-state index contributed by atoms with van der Waals surface area (Å²) in [5, 5.41) is 0. The van der Waals surface area contributed by atoms with Gasteiger partial charge in [-0.3, -0.25) is 9.69 Å². The van der Waals surface area contributed by atoms with E-state index in [1.807, 2.05) is 43.2 Å². The van der Waals surface area contributed by atoms with Gasteiger partial charge in [0.05, 0.1) is 13.7 Å². The number of nitrogens with zero attached hydrogens (tertiary/aromatic N) is 1. The highest BCUT2D eigenvalue weighted by Crippen LogP contribution is 2.21. The number of rotatable bonds is 8. The van der Waals surface area contributed by atoms with E-state index < -0.39 is 0 Å². The Hall–Kier alpha value is -2.13. The number of ether oxygens (including phenoxy) is 1. The van der Waals surface area contributed by atoms with Crippen molar-refractivity contribution in [2.75, 3.05) is 20.7 Å². The second kappa shape index (κ2) is 16.5. The zero-order valence-corrected chi connectivity index (χ0v) is 21.8. The quantitative estimate of drug-likeness (QED) is 0.321. The lowest BCUT2D eigenvalue weighted by atomic mass is 9.89. The van der Waals surface area contributed by atoms with Crippen LogP contribution < -0.4 is 4.74 Å². The molecule has 1 atom stereocenters. The number of benzene rings is 1. The summed E-state index contributed by atoms with van der Waals surface area (Å²) < 4.78 is 5.05. The van der Waals surface area contributed by atoms with Crippen LogP contribution in [-0.2, 0) is 11.2 Å². The number of methoxy groups -OCH3 is 1. The van der Waals surface area contributed by atoms with Gasteiger partial charge >= 0.3 is 0 Å². The zero-order chi connectivity index (χ0) is 24.6. The second-order valence-corrected chi connectivity index (χ2v) is 8.91. The van der Waals surface area contributed by atoms with Crippen molar-refractivity contribution >= 4 is 5.78 Å². The maximum absolute atomic E-state index is 10.9. The van der Waals surface area contributed by atoms with E-state index in [4.69, 9.17) is 4.74 Å². The molecule has 0 N–H and O–H groups in total. The molecular weight excluding hydrogens is 382 g/mol. The molecule has 0 bridgehead atoms. The van der Waals surface area contributed by atoms with E-state index in [0.717, 1.165) is 17.7 Å². The highest BCUT2D eigenvalue weighted by molar-refractivity contribution is 5.77. The summed E-state index contributed by atoms with van der Waals surface area (Å²) in [6.07, 6.45) is 6.21. The summed E-state index contributed by atoms with van der Waals surface area (Å²) in [4.78, 5) is 12.9. The van der Waals surface area contributed by atoms with Crippen molar-refractivity contribution in [1.29, 1.82) is 0 Å². The summed E-state index contributed by atoms with van der Waals surface area (Å²) >= 11 is 0. The first-order valence-corrected chi connectivity index (χ1v) is 11.1. The van der Waals surface area contributed by atoms with E-state index in [2.05, 4.69) is 66.8 Å². The van der Waals surface area contributed by atoms with Gasteiger partial charge in [-0.25, -0.2) is 0 Å². The Labute approximate surface area is 192 Å². The van der Waals surface area contributed by atoms with Crippen molar-refractivity contribution in [3.63, 3.8) is 0 Å². The Bertz CT molecular complexity index is 678. The lowest BCUT2D eigenvalue weighted by Crippen LogP contribution is -2.33. The minimum absolute atomic E-state index is 0.189. The molecule has 0 amide bonds. The summed E-state index contributed by atoms with van der Waals surface area (Å²) in [5.41, 5.74) is 4.09. The lowest BCUT2D eigenvalue weighted by Gasteiger charge is -2.24. The van der Waals surface area contributed by atoms with Crippen molar-refractivity contribution in [3.8, 4) is 5.75 Å². The van der Waals surface area contributed by atoms with Gasteiger partial charge in [0.15, 0.2) is 0 Å². The predicted octanol–water partition coefficient (Wildman–Crippen LogP) is 7.28. The van der Waals surface area contributed by atoms with Crippen LogP contribution in [0.25, 0.3) is 0 Å². The van der Waals surface area contributed by atoms with Gasteiger partial charge in [0.25, 0.3) is 0 Å². The molecule has 0 radical (unpaired) electrons. The topological polar surface area (TPSA) is 29.5 Å². The van der Waals surface area contributed by atoms with Crippen LogP contribution in [0.1, 0.15) is 67.4 Å². The first kappa shape index (κ1) is 31.1. The van der Waals surface area contributed by atoms with Crippen molar-refractivity contribution in [2.45, 2.75) is 74.3 Å². The van der Waals surface area contributed by atoms with E-state index in [1.165, 1.54) is 17.6 Å². The van der Waals surface area contributed by atoms with Gasteiger partial charge in [-0.15, -0.1) is 0 Å². The summed E-state index contributed by atoms with van der Waals surface area (Å²) in [6.45, 7) is 24.4. The van der Waals surface area contributed by atoms with Gasteiger partial charge in [-0.1, -0.05) is 77.1 Å². The molecule has 0 aliphatic heterocycles. The maximum atomic E-state index is 10.9. The van der Waals surface area contributed by atoms with Gasteiger partial charge in [0.2, 0.25) is 0 Å². The van der Waals surface area contributed by atoms with Crippen LogP contribution in [-0.4, -0.2) is 37.4 Å². The van der Waals surface area contributed by atoms with E-state index in [0.29, 0.717) is 12.0 Å². The average Bonchev–Trinajstić information content (AvgIpc) is 2.69. The predicted molar refractivity (Wildman–Crippen MR) is 138 cm³/mol.